The maximum Gasteiger partial charge on any atom is 0.273 e. The van der Waals surface area contributed by atoms with E-state index < -0.39 is 5.60 Å². The SMILES string of the molecule is CC(C)(O)C1CCCN1C(=O)c1csc(-c2ccccc2)n1. The van der Waals surface area contributed by atoms with Crippen LogP contribution in [0, 0.1) is 0 Å². The van der Waals surface area contributed by atoms with Crippen molar-refractivity contribution in [1.29, 1.82) is 0 Å². The van der Waals surface area contributed by atoms with E-state index in [1.165, 1.54) is 11.3 Å². The Balaban J connectivity index is 1.83. The van der Waals surface area contributed by atoms with Gasteiger partial charge in [-0.1, -0.05) is 30.3 Å². The first-order valence-corrected chi connectivity index (χ1v) is 8.39. The van der Waals surface area contributed by atoms with Gasteiger partial charge in [0.05, 0.1) is 11.6 Å². The lowest BCUT2D eigenvalue weighted by Crippen LogP contribution is -2.48. The number of aliphatic hydroxyl groups is 1. The minimum atomic E-state index is -0.884. The Morgan fingerprint density at radius 2 is 2.09 bits per heavy atom. The van der Waals surface area contributed by atoms with Crippen molar-refractivity contribution in [3.8, 4) is 10.6 Å². The van der Waals surface area contributed by atoms with Crippen molar-refractivity contribution in [3.63, 3.8) is 0 Å². The van der Waals surface area contributed by atoms with Gasteiger partial charge in [0, 0.05) is 17.5 Å². The van der Waals surface area contributed by atoms with Crippen LogP contribution in [0.25, 0.3) is 10.6 Å². The molecule has 1 saturated heterocycles. The van der Waals surface area contributed by atoms with Crippen molar-refractivity contribution in [2.24, 2.45) is 0 Å². The van der Waals surface area contributed by atoms with Crippen LogP contribution in [-0.2, 0) is 0 Å². The molecule has 1 N–H and O–H groups in total. The van der Waals surface area contributed by atoms with E-state index in [1.807, 2.05) is 35.7 Å². The molecule has 1 aliphatic heterocycles. The highest BCUT2D eigenvalue weighted by atomic mass is 32.1. The van der Waals surface area contributed by atoms with Crippen LogP contribution >= 0.6 is 11.3 Å². The van der Waals surface area contributed by atoms with Gasteiger partial charge in [0.2, 0.25) is 0 Å². The van der Waals surface area contributed by atoms with E-state index in [9.17, 15) is 9.90 Å². The Bertz CT molecular complexity index is 661. The van der Waals surface area contributed by atoms with Gasteiger partial charge in [-0.05, 0) is 26.7 Å². The average Bonchev–Trinajstić information content (AvgIpc) is 3.16. The third kappa shape index (κ3) is 2.91. The molecule has 1 aromatic carbocycles. The number of nitrogens with zero attached hydrogens (tertiary/aromatic N) is 2. The minimum Gasteiger partial charge on any atom is -0.388 e. The molecular formula is C17H20N2O2S. The van der Waals surface area contributed by atoms with Crippen molar-refractivity contribution >= 4 is 17.2 Å². The molecule has 0 aliphatic carbocycles. The molecule has 2 heterocycles. The number of carbonyl (C=O) groups is 1. The quantitative estimate of drug-likeness (QED) is 0.946. The summed E-state index contributed by atoms with van der Waals surface area (Å²) >= 11 is 1.48. The highest BCUT2D eigenvalue weighted by Crippen LogP contribution is 2.30. The standard InChI is InChI=1S/C17H20N2O2S/c1-17(2,21)14-9-6-10-19(14)16(20)13-11-22-15(18-13)12-7-4-3-5-8-12/h3-5,7-8,11,14,21H,6,9-10H2,1-2H3. The summed E-state index contributed by atoms with van der Waals surface area (Å²) < 4.78 is 0. The van der Waals surface area contributed by atoms with Gasteiger partial charge in [0.1, 0.15) is 10.7 Å². The second kappa shape index (κ2) is 5.82. The summed E-state index contributed by atoms with van der Waals surface area (Å²) in [5.74, 6) is -0.0805. The monoisotopic (exact) mass is 316 g/mol. The fourth-order valence-corrected chi connectivity index (χ4v) is 3.78. The van der Waals surface area contributed by atoms with E-state index in [1.54, 1.807) is 18.7 Å². The Hall–Kier alpha value is -1.72. The number of carbonyl (C=O) groups excluding carboxylic acids is 1. The van der Waals surface area contributed by atoms with Crippen LogP contribution in [0.2, 0.25) is 0 Å². The fraction of sp³-hybridized carbons (Fsp3) is 0.412. The Kier molecular flexibility index (Phi) is 4.02. The lowest BCUT2D eigenvalue weighted by molar-refractivity contribution is 0.000154. The van der Waals surface area contributed by atoms with Crippen molar-refractivity contribution in [1.82, 2.24) is 9.88 Å². The average molecular weight is 316 g/mol. The number of hydrogen-bond acceptors (Lipinski definition) is 4. The number of thiazole rings is 1. The number of amides is 1. The van der Waals surface area contributed by atoms with Gasteiger partial charge >= 0.3 is 0 Å². The van der Waals surface area contributed by atoms with Crippen LogP contribution in [0.15, 0.2) is 35.7 Å². The van der Waals surface area contributed by atoms with E-state index in [4.69, 9.17) is 0 Å². The van der Waals surface area contributed by atoms with Gasteiger partial charge in [-0.2, -0.15) is 0 Å². The summed E-state index contributed by atoms with van der Waals surface area (Å²) in [6.45, 7) is 4.21. The zero-order chi connectivity index (χ0) is 15.7. The first-order valence-electron chi connectivity index (χ1n) is 7.51. The maximum absolute atomic E-state index is 12.7. The summed E-state index contributed by atoms with van der Waals surface area (Å²) in [5.41, 5.74) is 0.608. The molecular weight excluding hydrogens is 296 g/mol. The van der Waals surface area contributed by atoms with Gasteiger partial charge in [-0.3, -0.25) is 4.79 Å². The molecule has 0 saturated carbocycles. The molecule has 1 atom stereocenters. The molecule has 1 amide bonds. The highest BCUT2D eigenvalue weighted by molar-refractivity contribution is 7.13. The van der Waals surface area contributed by atoms with E-state index in [-0.39, 0.29) is 11.9 Å². The van der Waals surface area contributed by atoms with E-state index in [0.717, 1.165) is 23.4 Å². The van der Waals surface area contributed by atoms with Gasteiger partial charge in [0.15, 0.2) is 0 Å². The van der Waals surface area contributed by atoms with E-state index in [0.29, 0.717) is 12.2 Å². The summed E-state index contributed by atoms with van der Waals surface area (Å²) in [4.78, 5) is 19.0. The van der Waals surface area contributed by atoms with Crippen LogP contribution in [-0.4, -0.2) is 39.1 Å². The van der Waals surface area contributed by atoms with Crippen LogP contribution in [0.3, 0.4) is 0 Å². The van der Waals surface area contributed by atoms with Crippen LogP contribution in [0.1, 0.15) is 37.2 Å². The Labute approximate surface area is 134 Å². The molecule has 1 aliphatic rings. The van der Waals surface area contributed by atoms with Gasteiger partial charge in [-0.25, -0.2) is 4.98 Å². The molecule has 2 aromatic rings. The predicted molar refractivity (Wildman–Crippen MR) is 87.9 cm³/mol. The van der Waals surface area contributed by atoms with Crippen molar-refractivity contribution in [2.45, 2.75) is 38.3 Å². The van der Waals surface area contributed by atoms with E-state index in [2.05, 4.69) is 4.98 Å². The second-order valence-electron chi connectivity index (χ2n) is 6.21. The molecule has 0 spiro atoms. The third-order valence-electron chi connectivity index (χ3n) is 4.07. The zero-order valence-corrected chi connectivity index (χ0v) is 13.6. The summed E-state index contributed by atoms with van der Waals surface area (Å²) in [7, 11) is 0. The molecule has 5 heteroatoms. The number of hydrogen-bond donors (Lipinski definition) is 1. The molecule has 1 fully saturated rings. The third-order valence-corrected chi connectivity index (χ3v) is 4.96. The van der Waals surface area contributed by atoms with Crippen molar-refractivity contribution < 1.29 is 9.90 Å². The molecule has 0 radical (unpaired) electrons. The lowest BCUT2D eigenvalue weighted by atomic mass is 9.96. The maximum atomic E-state index is 12.7. The molecule has 0 bridgehead atoms. The van der Waals surface area contributed by atoms with Gasteiger partial charge in [-0.15, -0.1) is 11.3 Å². The number of aromatic nitrogens is 1. The summed E-state index contributed by atoms with van der Waals surface area (Å²) in [6, 6.07) is 9.72. The molecule has 4 nitrogen and oxygen atoms in total. The van der Waals surface area contributed by atoms with Crippen LogP contribution in [0.4, 0.5) is 0 Å². The first-order chi connectivity index (χ1) is 10.5. The molecule has 1 aromatic heterocycles. The Morgan fingerprint density at radius 3 is 2.77 bits per heavy atom. The number of benzene rings is 1. The predicted octanol–water partition coefficient (Wildman–Crippen LogP) is 3.19. The largest absolute Gasteiger partial charge is 0.388 e. The molecule has 3 rings (SSSR count). The summed E-state index contributed by atoms with van der Waals surface area (Å²) in [5, 5.41) is 12.9. The van der Waals surface area contributed by atoms with Crippen LogP contribution < -0.4 is 0 Å². The molecule has 116 valence electrons. The topological polar surface area (TPSA) is 53.4 Å². The first kappa shape index (κ1) is 15.2. The normalized spacial score (nSPS) is 18.7. The molecule has 1 unspecified atom stereocenters. The van der Waals surface area contributed by atoms with Crippen molar-refractivity contribution in [3.05, 3.63) is 41.4 Å². The van der Waals surface area contributed by atoms with Gasteiger partial charge < -0.3 is 10.0 Å². The smallest absolute Gasteiger partial charge is 0.273 e. The van der Waals surface area contributed by atoms with Gasteiger partial charge in [0.25, 0.3) is 5.91 Å². The Morgan fingerprint density at radius 1 is 1.36 bits per heavy atom. The number of likely N-dealkylation sites (tertiary alicyclic amines) is 1. The number of rotatable bonds is 3. The zero-order valence-electron chi connectivity index (χ0n) is 12.8. The molecule has 22 heavy (non-hydrogen) atoms. The lowest BCUT2D eigenvalue weighted by Gasteiger charge is -2.33. The minimum absolute atomic E-state index is 0.0805. The van der Waals surface area contributed by atoms with E-state index >= 15 is 0 Å². The fourth-order valence-electron chi connectivity index (χ4n) is 2.98. The van der Waals surface area contributed by atoms with Crippen LogP contribution in [0.5, 0.6) is 0 Å². The van der Waals surface area contributed by atoms with Crippen molar-refractivity contribution in [2.75, 3.05) is 6.54 Å². The highest BCUT2D eigenvalue weighted by Gasteiger charge is 2.39. The second-order valence-corrected chi connectivity index (χ2v) is 7.07. The summed E-state index contributed by atoms with van der Waals surface area (Å²) in [6.07, 6.45) is 1.76.